The summed E-state index contributed by atoms with van der Waals surface area (Å²) in [4.78, 5) is 55.8. The summed E-state index contributed by atoms with van der Waals surface area (Å²) < 4.78 is 29.3. The number of alkyl carbamates (subject to hydrolysis) is 1. The molecule has 2 saturated heterocycles. The van der Waals surface area contributed by atoms with Crippen molar-refractivity contribution in [3.8, 4) is 0 Å². The number of pyridine rings is 1. The van der Waals surface area contributed by atoms with Crippen molar-refractivity contribution in [2.75, 3.05) is 13.2 Å². The van der Waals surface area contributed by atoms with Crippen molar-refractivity contribution in [3.63, 3.8) is 0 Å². The highest BCUT2D eigenvalue weighted by atomic mass is 32.2. The van der Waals surface area contributed by atoms with Gasteiger partial charge in [-0.05, 0) is 25.1 Å². The van der Waals surface area contributed by atoms with Crippen molar-refractivity contribution >= 4 is 45.7 Å². The lowest BCUT2D eigenvalue weighted by atomic mass is 9.94. The van der Waals surface area contributed by atoms with Crippen molar-refractivity contribution in [3.05, 3.63) is 35.7 Å². The number of ether oxygens (including phenoxy) is 1. The Kier molecular flexibility index (Phi) is 6.09. The molecular weight excluding hydrogens is 460 g/mol. The highest BCUT2D eigenvalue weighted by Gasteiger charge is 2.72. The number of fused-ring (bicyclic) bond motifs is 1. The first kappa shape index (κ1) is 23.6. The van der Waals surface area contributed by atoms with Crippen molar-refractivity contribution < 1.29 is 37.4 Å². The highest BCUT2D eigenvalue weighted by Crippen LogP contribution is 2.49. The van der Waals surface area contributed by atoms with E-state index in [9.17, 15) is 32.7 Å². The van der Waals surface area contributed by atoms with E-state index < -0.39 is 69.0 Å². The average Bonchev–Trinajstić information content (AvgIpc) is 2.90. The molecule has 176 valence electrons. The molecule has 2 aliphatic rings. The smallest absolute Gasteiger partial charge is 0.407 e. The zero-order valence-electron chi connectivity index (χ0n) is 17.2. The first-order valence-electron chi connectivity index (χ1n) is 9.35. The minimum absolute atomic E-state index is 0.143. The molecule has 0 spiro atoms. The van der Waals surface area contributed by atoms with Gasteiger partial charge >= 0.3 is 12.1 Å². The Hall–Kier alpha value is -4.01. The fourth-order valence-corrected chi connectivity index (χ4v) is 5.88. The van der Waals surface area contributed by atoms with E-state index in [0.29, 0.717) is 5.69 Å². The van der Waals surface area contributed by atoms with Crippen LogP contribution in [0.1, 0.15) is 12.6 Å². The van der Waals surface area contributed by atoms with E-state index in [1.165, 1.54) is 12.3 Å². The van der Waals surface area contributed by atoms with Gasteiger partial charge in [0.15, 0.2) is 27.2 Å². The van der Waals surface area contributed by atoms with Gasteiger partial charge < -0.3 is 31.5 Å². The molecule has 0 saturated carbocycles. The van der Waals surface area contributed by atoms with Crippen molar-refractivity contribution in [1.29, 1.82) is 0 Å². The summed E-state index contributed by atoms with van der Waals surface area (Å²) >= 11 is 0. The van der Waals surface area contributed by atoms with Gasteiger partial charge in [-0.15, -0.1) is 0 Å². The molecule has 3 amide bonds. The van der Waals surface area contributed by atoms with Crippen LogP contribution in [0, 0.1) is 0 Å². The maximum Gasteiger partial charge on any atom is 0.407 e. The Bertz CT molecular complexity index is 1180. The number of guanidine groups is 1. The number of nitrogens with two attached hydrogens (primary N) is 2. The summed E-state index contributed by atoms with van der Waals surface area (Å²) in [6.45, 7) is -0.471. The van der Waals surface area contributed by atoms with Gasteiger partial charge in [0.2, 0.25) is 0 Å². The van der Waals surface area contributed by atoms with E-state index in [-0.39, 0.29) is 5.57 Å². The number of amides is 3. The molecule has 1 aromatic heterocycles. The van der Waals surface area contributed by atoms with Gasteiger partial charge in [0, 0.05) is 6.20 Å². The average molecular weight is 480 g/mol. The lowest BCUT2D eigenvalue weighted by Crippen LogP contribution is -2.59. The summed E-state index contributed by atoms with van der Waals surface area (Å²) in [6, 6.07) is 3.01. The van der Waals surface area contributed by atoms with E-state index in [1.807, 2.05) is 5.32 Å². The Morgan fingerprint density at radius 3 is 2.64 bits per heavy atom. The van der Waals surface area contributed by atoms with Crippen LogP contribution in [-0.4, -0.2) is 82.6 Å². The van der Waals surface area contributed by atoms with Gasteiger partial charge in [0.1, 0.15) is 17.9 Å². The number of aliphatic carboxylic acids is 1. The second-order valence-corrected chi connectivity index (χ2v) is 9.85. The second kappa shape index (κ2) is 8.50. The first-order chi connectivity index (χ1) is 15.4. The molecule has 2 fully saturated rings. The number of nitrogens with one attached hydrogen (secondary N) is 1. The number of carbonyl (C=O) groups is 4. The number of carbonyl (C=O) groups excluding carboxylic acids is 3. The predicted molar refractivity (Wildman–Crippen MR) is 112 cm³/mol. The molecule has 0 bridgehead atoms. The molecule has 2 aliphatic heterocycles. The van der Waals surface area contributed by atoms with Crippen molar-refractivity contribution in [1.82, 2.24) is 15.2 Å². The Labute approximate surface area is 187 Å². The molecule has 33 heavy (non-hydrogen) atoms. The third kappa shape index (κ3) is 4.09. The quantitative estimate of drug-likeness (QED) is 0.148. The van der Waals surface area contributed by atoms with E-state index in [0.717, 1.165) is 11.8 Å². The predicted octanol–water partition coefficient (Wildman–Crippen LogP) is -2.20. The molecule has 1 aromatic rings. The van der Waals surface area contributed by atoms with Crippen LogP contribution in [0.5, 0.6) is 0 Å². The molecule has 3 rings (SSSR count). The van der Waals surface area contributed by atoms with Crippen LogP contribution in [0.4, 0.5) is 4.79 Å². The molecule has 14 nitrogen and oxygen atoms in total. The van der Waals surface area contributed by atoms with Crippen LogP contribution < -0.4 is 16.8 Å². The molecule has 15 heteroatoms. The molecule has 3 heterocycles. The number of nitrogens with zero attached hydrogens (tertiary/aromatic N) is 3. The number of hydrogen-bond acceptors (Lipinski definition) is 8. The number of carboxylic acid groups (broad SMARTS) is 1. The van der Waals surface area contributed by atoms with Crippen LogP contribution in [0.3, 0.4) is 0 Å². The SMILES string of the molecule is C[C@]1(COC(=O)NCC(=O)N=C(N)N)[C@H](C(=O)O)N2C(=O)/C(=C/c3ccccn3)[C@H]2S1(=O)=O. The van der Waals surface area contributed by atoms with Crippen LogP contribution in [-0.2, 0) is 29.0 Å². The third-order valence-electron chi connectivity index (χ3n) is 5.15. The lowest BCUT2D eigenvalue weighted by molar-refractivity contribution is -0.153. The number of carboxylic acids is 1. The summed E-state index contributed by atoms with van der Waals surface area (Å²) in [5, 5.41) is 10.2. The van der Waals surface area contributed by atoms with Crippen LogP contribution in [0.25, 0.3) is 6.08 Å². The standard InChI is InChI=1S/C18H20N6O8S/c1-18(8-32-17(29)22-7-11(25)23-16(19)20)12(15(27)28)24-13(26)10(14(24)33(18,30)31)6-9-4-2-3-5-21-9/h2-6,12,14H,7-8H2,1H3,(H,22,29)(H,27,28)(H4,19,20,23,25)/b10-6-/t12-,14+,18-/m0/s1. The molecule has 0 unspecified atom stereocenters. The largest absolute Gasteiger partial charge is 0.480 e. The lowest BCUT2D eigenvalue weighted by Gasteiger charge is -2.37. The molecule has 0 aliphatic carbocycles. The van der Waals surface area contributed by atoms with Gasteiger partial charge in [-0.1, -0.05) is 6.07 Å². The summed E-state index contributed by atoms with van der Waals surface area (Å²) in [5.41, 5.74) is 10.2. The molecule has 0 radical (unpaired) electrons. The topological polar surface area (TPSA) is 224 Å². The fraction of sp³-hybridized carbons (Fsp3) is 0.333. The highest BCUT2D eigenvalue weighted by molar-refractivity contribution is 7.94. The summed E-state index contributed by atoms with van der Waals surface area (Å²) in [6.07, 6.45) is 1.51. The molecule has 3 atom stereocenters. The second-order valence-electron chi connectivity index (χ2n) is 7.38. The Morgan fingerprint density at radius 2 is 2.06 bits per heavy atom. The Balaban J connectivity index is 1.83. The number of sulfone groups is 1. The minimum Gasteiger partial charge on any atom is -0.480 e. The maximum atomic E-state index is 13.3. The Morgan fingerprint density at radius 1 is 1.36 bits per heavy atom. The van der Waals surface area contributed by atoms with Crippen molar-refractivity contribution in [2.24, 2.45) is 16.5 Å². The van der Waals surface area contributed by atoms with Gasteiger partial charge in [-0.2, -0.15) is 4.99 Å². The van der Waals surface area contributed by atoms with Crippen molar-refractivity contribution in [2.45, 2.75) is 23.1 Å². The zero-order valence-corrected chi connectivity index (χ0v) is 18.0. The molecule has 6 N–H and O–H groups in total. The minimum atomic E-state index is -4.37. The fourth-order valence-electron chi connectivity index (χ4n) is 3.61. The maximum absolute atomic E-state index is 13.3. The van der Waals surface area contributed by atoms with Crippen LogP contribution in [0.2, 0.25) is 0 Å². The van der Waals surface area contributed by atoms with E-state index >= 15 is 0 Å². The van der Waals surface area contributed by atoms with Gasteiger partial charge in [-0.25, -0.2) is 18.0 Å². The van der Waals surface area contributed by atoms with Crippen LogP contribution in [0.15, 0.2) is 35.0 Å². The molecular formula is C18H20N6O8S. The number of β-lactam (4-membered cyclic amide) rings is 1. The summed E-state index contributed by atoms with van der Waals surface area (Å²) in [7, 11) is -4.37. The van der Waals surface area contributed by atoms with E-state index in [4.69, 9.17) is 16.2 Å². The van der Waals surface area contributed by atoms with Gasteiger partial charge in [-0.3, -0.25) is 14.6 Å². The zero-order chi connectivity index (χ0) is 24.6. The number of hydrogen-bond donors (Lipinski definition) is 4. The third-order valence-corrected chi connectivity index (χ3v) is 7.86. The molecule has 0 aromatic carbocycles. The van der Waals surface area contributed by atoms with Gasteiger partial charge in [0.25, 0.3) is 11.8 Å². The van der Waals surface area contributed by atoms with Crippen LogP contribution >= 0.6 is 0 Å². The van der Waals surface area contributed by atoms with E-state index in [1.54, 1.807) is 18.2 Å². The number of aromatic nitrogens is 1. The normalized spacial score (nSPS) is 26.2. The van der Waals surface area contributed by atoms with Gasteiger partial charge in [0.05, 0.1) is 11.3 Å². The first-order valence-corrected chi connectivity index (χ1v) is 10.9. The monoisotopic (exact) mass is 480 g/mol. The summed E-state index contributed by atoms with van der Waals surface area (Å²) in [5.74, 6) is -3.78. The number of aliphatic imine (C=N–C) groups is 1. The van der Waals surface area contributed by atoms with E-state index in [2.05, 4.69) is 9.98 Å². The number of rotatable bonds is 6.